The number of aromatic nitrogens is 2. The van der Waals surface area contributed by atoms with Gasteiger partial charge in [-0.05, 0) is 18.1 Å². The monoisotopic (exact) mass is 245 g/mol. The Morgan fingerprint density at radius 2 is 2.06 bits per heavy atom. The van der Waals surface area contributed by atoms with E-state index in [-0.39, 0.29) is 0 Å². The lowest BCUT2D eigenvalue weighted by molar-refractivity contribution is 0.133. The van der Waals surface area contributed by atoms with Crippen LogP contribution in [0, 0.1) is 0 Å². The predicted octanol–water partition coefficient (Wildman–Crippen LogP) is 2.24. The maximum absolute atomic E-state index is 5.47. The largest absolute Gasteiger partial charge is 0.377 e. The second-order valence-corrected chi connectivity index (χ2v) is 4.09. The number of aromatic amines is 1. The normalized spacial score (nSPS) is 10.7. The molecule has 0 spiro atoms. The molecule has 2 N–H and O–H groups in total. The Labute approximate surface area is 107 Å². The Hall–Kier alpha value is -1.65. The van der Waals surface area contributed by atoms with Crippen LogP contribution in [-0.2, 0) is 24.4 Å². The predicted molar refractivity (Wildman–Crippen MR) is 70.9 cm³/mol. The molecule has 4 nitrogen and oxygen atoms in total. The van der Waals surface area contributed by atoms with Crippen molar-refractivity contribution >= 4 is 0 Å². The number of benzene rings is 1. The van der Waals surface area contributed by atoms with E-state index in [0.29, 0.717) is 6.61 Å². The van der Waals surface area contributed by atoms with Gasteiger partial charge < -0.3 is 15.0 Å². The highest BCUT2D eigenvalue weighted by Crippen LogP contribution is 2.10. The first-order chi connectivity index (χ1) is 8.90. The first-order valence-electron chi connectivity index (χ1n) is 6.22. The van der Waals surface area contributed by atoms with Crippen LogP contribution in [0.25, 0.3) is 0 Å². The number of nitrogens with zero attached hydrogens (tertiary/aromatic N) is 1. The molecule has 0 atom stereocenters. The average molecular weight is 245 g/mol. The quantitative estimate of drug-likeness (QED) is 0.786. The fourth-order valence-electron chi connectivity index (χ4n) is 1.80. The highest BCUT2D eigenvalue weighted by atomic mass is 16.5. The van der Waals surface area contributed by atoms with E-state index in [4.69, 9.17) is 4.74 Å². The van der Waals surface area contributed by atoms with E-state index in [1.54, 1.807) is 6.33 Å². The van der Waals surface area contributed by atoms with Crippen LogP contribution in [0.1, 0.15) is 23.7 Å². The molecule has 0 bridgehead atoms. The Kier molecular flexibility index (Phi) is 4.93. The zero-order chi connectivity index (χ0) is 12.6. The van der Waals surface area contributed by atoms with E-state index in [1.165, 1.54) is 11.1 Å². The third kappa shape index (κ3) is 3.68. The summed E-state index contributed by atoms with van der Waals surface area (Å²) in [5.41, 5.74) is 3.62. The summed E-state index contributed by atoms with van der Waals surface area (Å²) in [5, 5.41) is 3.39. The number of ether oxygens (including phenoxy) is 1. The van der Waals surface area contributed by atoms with Crippen LogP contribution in [0.2, 0.25) is 0 Å². The molecule has 4 heteroatoms. The van der Waals surface area contributed by atoms with Gasteiger partial charge in [0.25, 0.3) is 0 Å². The Bertz CT molecular complexity index is 454. The van der Waals surface area contributed by atoms with Gasteiger partial charge in [0.05, 0.1) is 12.9 Å². The van der Waals surface area contributed by atoms with Crippen molar-refractivity contribution in [3.05, 3.63) is 53.6 Å². The van der Waals surface area contributed by atoms with Crippen LogP contribution < -0.4 is 5.32 Å². The fourth-order valence-corrected chi connectivity index (χ4v) is 1.80. The summed E-state index contributed by atoms with van der Waals surface area (Å²) in [4.78, 5) is 7.06. The number of rotatable bonds is 7. The topological polar surface area (TPSA) is 49.9 Å². The summed E-state index contributed by atoms with van der Waals surface area (Å²) in [5.74, 6) is 0. The van der Waals surface area contributed by atoms with Gasteiger partial charge in [0.15, 0.2) is 0 Å². The van der Waals surface area contributed by atoms with Gasteiger partial charge in [0.2, 0.25) is 0 Å². The van der Waals surface area contributed by atoms with Crippen molar-refractivity contribution in [2.45, 2.75) is 26.6 Å². The van der Waals surface area contributed by atoms with Gasteiger partial charge in [-0.1, -0.05) is 24.3 Å². The van der Waals surface area contributed by atoms with Gasteiger partial charge in [-0.15, -0.1) is 0 Å². The van der Waals surface area contributed by atoms with Gasteiger partial charge >= 0.3 is 0 Å². The highest BCUT2D eigenvalue weighted by Gasteiger charge is 2.01. The minimum absolute atomic E-state index is 0.679. The number of hydrogen-bond donors (Lipinski definition) is 2. The second kappa shape index (κ2) is 6.93. The van der Waals surface area contributed by atoms with Crippen LogP contribution >= 0.6 is 0 Å². The van der Waals surface area contributed by atoms with Crippen molar-refractivity contribution in [2.24, 2.45) is 0 Å². The summed E-state index contributed by atoms with van der Waals surface area (Å²) >= 11 is 0. The number of nitrogens with one attached hydrogen (secondary N) is 2. The minimum atomic E-state index is 0.679. The molecule has 2 aromatic rings. The first kappa shape index (κ1) is 12.8. The SMILES string of the molecule is CCOCc1ccccc1CNCc1cnc[nH]1. The smallest absolute Gasteiger partial charge is 0.0922 e. The van der Waals surface area contributed by atoms with Crippen LogP contribution in [0.4, 0.5) is 0 Å². The summed E-state index contributed by atoms with van der Waals surface area (Å²) in [6.45, 7) is 5.07. The Morgan fingerprint density at radius 3 is 2.78 bits per heavy atom. The molecule has 0 amide bonds. The standard InChI is InChI=1S/C14H19N3O/c1-2-18-10-13-6-4-3-5-12(13)7-15-8-14-9-16-11-17-14/h3-6,9,11,15H,2,7-8,10H2,1H3,(H,16,17). The average Bonchev–Trinajstić information content (AvgIpc) is 2.91. The van der Waals surface area contributed by atoms with Crippen LogP contribution in [0.3, 0.4) is 0 Å². The van der Waals surface area contributed by atoms with Crippen LogP contribution in [0.15, 0.2) is 36.8 Å². The Balaban J connectivity index is 1.87. The van der Waals surface area contributed by atoms with Gasteiger partial charge in [-0.3, -0.25) is 0 Å². The number of H-pyrrole nitrogens is 1. The molecule has 0 aliphatic carbocycles. The molecule has 0 unspecified atom stereocenters. The maximum Gasteiger partial charge on any atom is 0.0922 e. The van der Waals surface area contributed by atoms with Crippen LogP contribution in [-0.4, -0.2) is 16.6 Å². The fraction of sp³-hybridized carbons (Fsp3) is 0.357. The molecule has 2 rings (SSSR count). The molecule has 0 fully saturated rings. The zero-order valence-electron chi connectivity index (χ0n) is 10.6. The molecule has 0 saturated carbocycles. The summed E-state index contributed by atoms with van der Waals surface area (Å²) < 4.78 is 5.47. The third-order valence-corrected chi connectivity index (χ3v) is 2.77. The van der Waals surface area contributed by atoms with Crippen molar-refractivity contribution in [1.29, 1.82) is 0 Å². The van der Waals surface area contributed by atoms with Crippen molar-refractivity contribution < 1.29 is 4.74 Å². The van der Waals surface area contributed by atoms with E-state index in [2.05, 4.69) is 33.5 Å². The lowest BCUT2D eigenvalue weighted by Gasteiger charge is -2.10. The summed E-state index contributed by atoms with van der Waals surface area (Å²) in [6.07, 6.45) is 3.53. The lowest BCUT2D eigenvalue weighted by Crippen LogP contribution is -2.14. The molecule has 0 radical (unpaired) electrons. The molecule has 1 aromatic heterocycles. The van der Waals surface area contributed by atoms with E-state index in [1.807, 2.05) is 19.2 Å². The summed E-state index contributed by atoms with van der Waals surface area (Å²) in [6, 6.07) is 8.35. The van der Waals surface area contributed by atoms with Gasteiger partial charge in [-0.25, -0.2) is 4.98 Å². The van der Waals surface area contributed by atoms with Crippen molar-refractivity contribution in [3.63, 3.8) is 0 Å². The molecule has 0 aliphatic heterocycles. The van der Waals surface area contributed by atoms with Gasteiger partial charge in [0.1, 0.15) is 0 Å². The van der Waals surface area contributed by atoms with E-state index in [9.17, 15) is 0 Å². The molecular weight excluding hydrogens is 226 g/mol. The van der Waals surface area contributed by atoms with Crippen molar-refractivity contribution in [3.8, 4) is 0 Å². The highest BCUT2D eigenvalue weighted by molar-refractivity contribution is 5.26. The lowest BCUT2D eigenvalue weighted by atomic mass is 10.1. The number of imidazole rings is 1. The molecule has 1 heterocycles. The molecule has 0 saturated heterocycles. The third-order valence-electron chi connectivity index (χ3n) is 2.77. The molecule has 18 heavy (non-hydrogen) atoms. The molecule has 0 aliphatic rings. The summed E-state index contributed by atoms with van der Waals surface area (Å²) in [7, 11) is 0. The maximum atomic E-state index is 5.47. The minimum Gasteiger partial charge on any atom is -0.377 e. The first-order valence-corrected chi connectivity index (χ1v) is 6.22. The van der Waals surface area contributed by atoms with Crippen molar-refractivity contribution in [1.82, 2.24) is 15.3 Å². The van der Waals surface area contributed by atoms with E-state index in [0.717, 1.165) is 25.4 Å². The van der Waals surface area contributed by atoms with Crippen molar-refractivity contribution in [2.75, 3.05) is 6.61 Å². The molecule has 96 valence electrons. The number of hydrogen-bond acceptors (Lipinski definition) is 3. The molecule has 1 aromatic carbocycles. The zero-order valence-corrected chi connectivity index (χ0v) is 10.6. The van der Waals surface area contributed by atoms with E-state index < -0.39 is 0 Å². The second-order valence-electron chi connectivity index (χ2n) is 4.09. The Morgan fingerprint density at radius 1 is 1.22 bits per heavy atom. The van der Waals surface area contributed by atoms with Gasteiger partial charge in [-0.2, -0.15) is 0 Å². The molecular formula is C14H19N3O. The van der Waals surface area contributed by atoms with E-state index >= 15 is 0 Å². The van der Waals surface area contributed by atoms with Gasteiger partial charge in [0, 0.05) is 31.6 Å². The van der Waals surface area contributed by atoms with Crippen LogP contribution in [0.5, 0.6) is 0 Å².